The van der Waals surface area contributed by atoms with Crippen LogP contribution in [-0.4, -0.2) is 33.6 Å². The number of nitrogens with zero attached hydrogens (tertiary/aromatic N) is 3. The molecule has 1 aliphatic heterocycles. The van der Waals surface area contributed by atoms with E-state index in [9.17, 15) is 4.79 Å². The van der Waals surface area contributed by atoms with Gasteiger partial charge in [-0.1, -0.05) is 18.2 Å². The lowest BCUT2D eigenvalue weighted by molar-refractivity contribution is -0.136. The van der Waals surface area contributed by atoms with E-state index in [2.05, 4.69) is 24.0 Å². The van der Waals surface area contributed by atoms with Crippen molar-refractivity contribution >= 4 is 11.9 Å². The molecule has 0 saturated carbocycles. The third kappa shape index (κ3) is 3.11. The van der Waals surface area contributed by atoms with Crippen LogP contribution < -0.4 is 4.90 Å². The quantitative estimate of drug-likeness (QED) is 0.907. The Bertz CT molecular complexity index is 819. The summed E-state index contributed by atoms with van der Waals surface area (Å²) in [5.74, 6) is 0.0905. The molecule has 0 radical (unpaired) electrons. The van der Waals surface area contributed by atoms with Gasteiger partial charge in [-0.15, -0.1) is 0 Å². The van der Waals surface area contributed by atoms with Crippen LogP contribution in [0.1, 0.15) is 43.0 Å². The van der Waals surface area contributed by atoms with Gasteiger partial charge in [-0.05, 0) is 50.7 Å². The molecule has 2 aromatic rings. The second-order valence-corrected chi connectivity index (χ2v) is 7.08. The molecular weight excluding hydrogens is 314 g/mol. The molecule has 0 bridgehead atoms. The van der Waals surface area contributed by atoms with Crippen LogP contribution in [0.3, 0.4) is 0 Å². The zero-order valence-corrected chi connectivity index (χ0v) is 14.5. The number of anilines is 1. The molecule has 1 N–H and O–H groups in total. The minimum atomic E-state index is -0.762. The van der Waals surface area contributed by atoms with E-state index >= 15 is 0 Å². The lowest BCUT2D eigenvalue weighted by atomic mass is 10.0. The van der Waals surface area contributed by atoms with Crippen molar-refractivity contribution in [1.29, 1.82) is 0 Å². The maximum Gasteiger partial charge on any atom is 0.303 e. The summed E-state index contributed by atoms with van der Waals surface area (Å²) in [7, 11) is 0. The van der Waals surface area contributed by atoms with Gasteiger partial charge in [0.05, 0.1) is 5.69 Å². The smallest absolute Gasteiger partial charge is 0.303 e. The van der Waals surface area contributed by atoms with Crippen molar-refractivity contribution in [3.8, 4) is 11.3 Å². The average molecular weight is 337 g/mol. The Morgan fingerprint density at radius 2 is 2.20 bits per heavy atom. The van der Waals surface area contributed by atoms with Crippen molar-refractivity contribution in [3.05, 3.63) is 41.1 Å². The minimum absolute atomic E-state index is 0.155. The highest BCUT2D eigenvalue weighted by atomic mass is 16.4. The Kier molecular flexibility index (Phi) is 4.15. The average Bonchev–Trinajstić information content (AvgIpc) is 3.06. The molecule has 2 aliphatic rings. The molecule has 0 amide bonds. The summed E-state index contributed by atoms with van der Waals surface area (Å²) < 4.78 is 0. The van der Waals surface area contributed by atoms with E-state index in [4.69, 9.17) is 15.1 Å². The van der Waals surface area contributed by atoms with E-state index in [1.165, 1.54) is 17.7 Å². The Morgan fingerprint density at radius 3 is 2.92 bits per heavy atom. The van der Waals surface area contributed by atoms with E-state index in [-0.39, 0.29) is 6.42 Å². The van der Waals surface area contributed by atoms with Crippen LogP contribution in [0.5, 0.6) is 0 Å². The van der Waals surface area contributed by atoms with Gasteiger partial charge in [0.1, 0.15) is 0 Å². The molecular formula is C20H23N3O2. The van der Waals surface area contributed by atoms with Crippen molar-refractivity contribution < 1.29 is 9.90 Å². The van der Waals surface area contributed by atoms with E-state index in [0.717, 1.165) is 48.6 Å². The molecule has 0 spiro atoms. The monoisotopic (exact) mass is 337 g/mol. The number of carboxylic acid groups (broad SMARTS) is 1. The minimum Gasteiger partial charge on any atom is -0.481 e. The molecule has 5 heteroatoms. The fraction of sp³-hybridized carbons (Fsp3) is 0.450. The van der Waals surface area contributed by atoms with Crippen molar-refractivity contribution in [1.82, 2.24) is 9.97 Å². The number of aromatic nitrogens is 2. The number of hydrogen-bond donors (Lipinski definition) is 1. The summed E-state index contributed by atoms with van der Waals surface area (Å²) in [6.07, 6.45) is 5.09. The molecule has 1 aromatic carbocycles. The van der Waals surface area contributed by atoms with Crippen molar-refractivity contribution in [2.24, 2.45) is 0 Å². The van der Waals surface area contributed by atoms with Gasteiger partial charge in [-0.2, -0.15) is 0 Å². The predicted octanol–water partition coefficient (Wildman–Crippen LogP) is 3.25. The van der Waals surface area contributed by atoms with Crippen molar-refractivity contribution in [3.63, 3.8) is 0 Å². The first-order valence-corrected chi connectivity index (χ1v) is 9.09. The number of rotatable bonds is 5. The summed E-state index contributed by atoms with van der Waals surface area (Å²) >= 11 is 0. The SMILES string of the molecule is CC1CCN1c1nc2c(c(-c3cccc(CCC(=O)O)c3)n1)CCC2. The van der Waals surface area contributed by atoms with Crippen LogP contribution >= 0.6 is 0 Å². The van der Waals surface area contributed by atoms with Crippen LogP contribution in [0.25, 0.3) is 11.3 Å². The molecule has 1 aromatic heterocycles. The van der Waals surface area contributed by atoms with E-state index in [0.29, 0.717) is 12.5 Å². The van der Waals surface area contributed by atoms with E-state index in [1.54, 1.807) is 0 Å². The highest BCUT2D eigenvalue weighted by Gasteiger charge is 2.29. The molecule has 5 nitrogen and oxygen atoms in total. The van der Waals surface area contributed by atoms with Gasteiger partial charge in [0.15, 0.2) is 0 Å². The predicted molar refractivity (Wildman–Crippen MR) is 96.9 cm³/mol. The number of carbonyl (C=O) groups is 1. The lowest BCUT2D eigenvalue weighted by Gasteiger charge is -2.39. The number of aliphatic carboxylic acids is 1. The molecule has 130 valence electrons. The second kappa shape index (κ2) is 6.47. The summed E-state index contributed by atoms with van der Waals surface area (Å²) in [6.45, 7) is 3.24. The summed E-state index contributed by atoms with van der Waals surface area (Å²) in [5.41, 5.74) is 5.62. The lowest BCUT2D eigenvalue weighted by Crippen LogP contribution is -2.46. The molecule has 1 atom stereocenters. The maximum atomic E-state index is 10.8. The maximum absolute atomic E-state index is 10.8. The zero-order valence-electron chi connectivity index (χ0n) is 14.5. The van der Waals surface area contributed by atoms with Crippen LogP contribution in [0.2, 0.25) is 0 Å². The molecule has 1 unspecified atom stereocenters. The standard InChI is InChI=1S/C20H23N3O2/c1-13-10-11-23(13)20-21-17-7-3-6-16(17)19(22-20)15-5-2-4-14(12-15)8-9-18(24)25/h2,4-5,12-13H,3,6-11H2,1H3,(H,24,25). The van der Waals surface area contributed by atoms with Crippen molar-refractivity contribution in [2.45, 2.75) is 51.5 Å². The number of hydrogen-bond acceptors (Lipinski definition) is 4. The van der Waals surface area contributed by atoms with Gasteiger partial charge in [0.2, 0.25) is 5.95 Å². The molecule has 2 heterocycles. The molecule has 1 saturated heterocycles. The third-order valence-corrected chi connectivity index (χ3v) is 5.33. The van der Waals surface area contributed by atoms with Gasteiger partial charge in [-0.3, -0.25) is 4.79 Å². The fourth-order valence-corrected chi connectivity index (χ4v) is 3.73. The van der Waals surface area contributed by atoms with Gasteiger partial charge >= 0.3 is 5.97 Å². The van der Waals surface area contributed by atoms with Crippen LogP contribution in [0.15, 0.2) is 24.3 Å². The highest BCUT2D eigenvalue weighted by molar-refractivity contribution is 5.69. The Labute approximate surface area is 147 Å². The Hall–Kier alpha value is -2.43. The summed E-state index contributed by atoms with van der Waals surface area (Å²) in [4.78, 5) is 22.9. The molecule has 4 rings (SSSR count). The van der Waals surface area contributed by atoms with Crippen LogP contribution in [0, 0.1) is 0 Å². The fourth-order valence-electron chi connectivity index (χ4n) is 3.73. The molecule has 1 fully saturated rings. The zero-order chi connectivity index (χ0) is 17.4. The summed E-state index contributed by atoms with van der Waals surface area (Å²) in [5, 5.41) is 8.92. The second-order valence-electron chi connectivity index (χ2n) is 7.08. The van der Waals surface area contributed by atoms with E-state index < -0.39 is 5.97 Å². The van der Waals surface area contributed by atoms with Crippen LogP contribution in [-0.2, 0) is 24.1 Å². The largest absolute Gasteiger partial charge is 0.481 e. The number of fused-ring (bicyclic) bond motifs is 1. The van der Waals surface area contributed by atoms with Gasteiger partial charge in [-0.25, -0.2) is 9.97 Å². The van der Waals surface area contributed by atoms with E-state index in [1.807, 2.05) is 12.1 Å². The van der Waals surface area contributed by atoms with Crippen molar-refractivity contribution in [2.75, 3.05) is 11.4 Å². The third-order valence-electron chi connectivity index (χ3n) is 5.33. The van der Waals surface area contributed by atoms with Gasteiger partial charge in [0.25, 0.3) is 0 Å². The van der Waals surface area contributed by atoms with Gasteiger partial charge < -0.3 is 10.0 Å². The first-order valence-electron chi connectivity index (χ1n) is 9.09. The Balaban J connectivity index is 1.72. The number of benzene rings is 1. The highest BCUT2D eigenvalue weighted by Crippen LogP contribution is 2.34. The number of carboxylic acids is 1. The number of aryl methyl sites for hydroxylation is 2. The normalized spacial score (nSPS) is 18.8. The topological polar surface area (TPSA) is 66.3 Å². The summed E-state index contributed by atoms with van der Waals surface area (Å²) in [6, 6.07) is 8.67. The van der Waals surface area contributed by atoms with Crippen LogP contribution in [0.4, 0.5) is 5.95 Å². The molecule has 1 aliphatic carbocycles. The molecule has 25 heavy (non-hydrogen) atoms. The van der Waals surface area contributed by atoms with Gasteiger partial charge in [0, 0.05) is 35.8 Å². The first-order chi connectivity index (χ1) is 12.1. The Morgan fingerprint density at radius 1 is 1.32 bits per heavy atom. The first kappa shape index (κ1) is 16.1.